The number of nitrogens with zero attached hydrogens (tertiary/aromatic N) is 2. The summed E-state index contributed by atoms with van der Waals surface area (Å²) in [4.78, 5) is 3.94. The highest BCUT2D eigenvalue weighted by molar-refractivity contribution is 5.07. The Morgan fingerprint density at radius 1 is 1.47 bits per heavy atom. The van der Waals surface area contributed by atoms with Gasteiger partial charge in [-0.25, -0.2) is 4.98 Å². The minimum absolute atomic E-state index is 0.0918. The molecule has 0 fully saturated rings. The van der Waals surface area contributed by atoms with E-state index >= 15 is 0 Å². The highest BCUT2D eigenvalue weighted by Gasteiger charge is 2.28. The second-order valence-corrected chi connectivity index (χ2v) is 4.10. The maximum absolute atomic E-state index is 12.1. The third kappa shape index (κ3) is 4.01. The molecule has 1 atom stereocenters. The van der Waals surface area contributed by atoms with Gasteiger partial charge in [-0.2, -0.15) is 13.2 Å². The fraction of sp³-hybridized carbons (Fsp3) is 0.700. The van der Waals surface area contributed by atoms with Gasteiger partial charge in [-0.05, 0) is 13.8 Å². The lowest BCUT2D eigenvalue weighted by molar-refractivity contribution is -0.126. The average molecular weight is 250 g/mol. The summed E-state index contributed by atoms with van der Waals surface area (Å²) in [6.45, 7) is 2.90. The number of imidazole rings is 1. The van der Waals surface area contributed by atoms with Crippen molar-refractivity contribution < 1.29 is 13.2 Å². The van der Waals surface area contributed by atoms with Crippen LogP contribution in [0, 0.1) is 0 Å². The van der Waals surface area contributed by atoms with E-state index in [1.54, 1.807) is 17.1 Å². The van der Waals surface area contributed by atoms with Crippen molar-refractivity contribution in [2.75, 3.05) is 13.1 Å². The van der Waals surface area contributed by atoms with Gasteiger partial charge < -0.3 is 10.3 Å². The summed E-state index contributed by atoms with van der Waals surface area (Å²) in [5.41, 5.74) is 6.16. The molecule has 0 aromatic carbocycles. The first-order chi connectivity index (χ1) is 7.85. The van der Waals surface area contributed by atoms with E-state index < -0.39 is 18.8 Å². The first kappa shape index (κ1) is 14.0. The second-order valence-electron chi connectivity index (χ2n) is 4.10. The molecule has 1 heterocycles. The smallest absolute Gasteiger partial charge is 0.331 e. The molecule has 1 rings (SSSR count). The van der Waals surface area contributed by atoms with E-state index in [0.717, 1.165) is 0 Å². The second kappa shape index (κ2) is 5.50. The fourth-order valence-electron chi connectivity index (χ4n) is 1.56. The summed E-state index contributed by atoms with van der Waals surface area (Å²) in [5.74, 6) is 0. The Hall–Kier alpha value is -1.08. The zero-order valence-electron chi connectivity index (χ0n) is 9.83. The van der Waals surface area contributed by atoms with Gasteiger partial charge in [-0.15, -0.1) is 0 Å². The molecule has 17 heavy (non-hydrogen) atoms. The Morgan fingerprint density at radius 3 is 2.59 bits per heavy atom. The van der Waals surface area contributed by atoms with E-state index in [1.807, 2.05) is 13.8 Å². The summed E-state index contributed by atoms with van der Waals surface area (Å²) in [5, 5.41) is 2.40. The third-order valence-electron chi connectivity index (χ3n) is 2.39. The lowest BCUT2D eigenvalue weighted by atomic mass is 10.2. The van der Waals surface area contributed by atoms with Gasteiger partial charge in [0, 0.05) is 18.8 Å². The van der Waals surface area contributed by atoms with Gasteiger partial charge in [0.1, 0.15) is 0 Å². The highest BCUT2D eigenvalue weighted by atomic mass is 19.4. The fourth-order valence-corrected chi connectivity index (χ4v) is 1.56. The Morgan fingerprint density at radius 2 is 2.12 bits per heavy atom. The van der Waals surface area contributed by atoms with E-state index in [-0.39, 0.29) is 12.6 Å². The predicted octanol–water partition coefficient (Wildman–Crippen LogP) is 1.62. The molecular formula is C10H17F3N4. The summed E-state index contributed by atoms with van der Waals surface area (Å²) in [6.07, 6.45) is -1.10. The molecule has 0 saturated heterocycles. The van der Waals surface area contributed by atoms with Crippen LogP contribution in [0.1, 0.15) is 31.6 Å². The van der Waals surface area contributed by atoms with E-state index in [9.17, 15) is 13.2 Å². The molecule has 0 aliphatic rings. The number of hydrogen-bond acceptors (Lipinski definition) is 3. The van der Waals surface area contributed by atoms with E-state index in [2.05, 4.69) is 10.3 Å². The van der Waals surface area contributed by atoms with Crippen LogP contribution in [0.2, 0.25) is 0 Å². The van der Waals surface area contributed by atoms with Crippen LogP contribution < -0.4 is 11.1 Å². The summed E-state index contributed by atoms with van der Waals surface area (Å²) >= 11 is 0. The monoisotopic (exact) mass is 250 g/mol. The number of alkyl halides is 3. The van der Waals surface area contributed by atoms with Crippen LogP contribution in [0.15, 0.2) is 12.5 Å². The molecule has 3 N–H and O–H groups in total. The molecule has 0 radical (unpaired) electrons. The van der Waals surface area contributed by atoms with Crippen LogP contribution in [0.3, 0.4) is 0 Å². The molecule has 1 unspecified atom stereocenters. The van der Waals surface area contributed by atoms with Crippen molar-refractivity contribution in [3.63, 3.8) is 0 Å². The lowest BCUT2D eigenvalue weighted by Crippen LogP contribution is -2.36. The van der Waals surface area contributed by atoms with E-state index in [1.165, 1.54) is 0 Å². The molecule has 0 aliphatic heterocycles. The van der Waals surface area contributed by atoms with Crippen molar-refractivity contribution in [3.05, 3.63) is 18.2 Å². The summed E-state index contributed by atoms with van der Waals surface area (Å²) < 4.78 is 38.2. The molecule has 4 nitrogen and oxygen atoms in total. The Kier molecular flexibility index (Phi) is 4.53. The normalized spacial score (nSPS) is 14.3. The first-order valence-electron chi connectivity index (χ1n) is 5.37. The van der Waals surface area contributed by atoms with Gasteiger partial charge in [0.15, 0.2) is 0 Å². The van der Waals surface area contributed by atoms with Gasteiger partial charge in [0.2, 0.25) is 0 Å². The van der Waals surface area contributed by atoms with Crippen LogP contribution in [-0.4, -0.2) is 28.8 Å². The molecular weight excluding hydrogens is 233 g/mol. The van der Waals surface area contributed by atoms with Crippen molar-refractivity contribution in [2.45, 2.75) is 32.1 Å². The van der Waals surface area contributed by atoms with Crippen LogP contribution in [0.5, 0.6) is 0 Å². The van der Waals surface area contributed by atoms with Crippen molar-refractivity contribution in [3.8, 4) is 0 Å². The van der Waals surface area contributed by atoms with Crippen LogP contribution in [0.25, 0.3) is 0 Å². The highest BCUT2D eigenvalue weighted by Crippen LogP contribution is 2.19. The maximum atomic E-state index is 12.1. The number of halogens is 3. The molecule has 98 valence electrons. The van der Waals surface area contributed by atoms with Crippen LogP contribution in [-0.2, 0) is 0 Å². The van der Waals surface area contributed by atoms with Gasteiger partial charge >= 0.3 is 6.18 Å². The SMILES string of the molecule is CC(C)n1cncc1C(CN)NCC(F)(F)F. The topological polar surface area (TPSA) is 55.9 Å². The van der Waals surface area contributed by atoms with E-state index in [4.69, 9.17) is 5.73 Å². The molecule has 0 saturated carbocycles. The standard InChI is InChI=1S/C10H17F3N4/c1-7(2)17-6-15-4-9(17)8(3-14)16-5-10(11,12)13/h4,6-8,16H,3,5,14H2,1-2H3. The maximum Gasteiger partial charge on any atom is 0.401 e. The van der Waals surface area contributed by atoms with Gasteiger partial charge in [0.25, 0.3) is 0 Å². The van der Waals surface area contributed by atoms with Gasteiger partial charge in [-0.3, -0.25) is 5.32 Å². The zero-order valence-corrected chi connectivity index (χ0v) is 9.83. The van der Waals surface area contributed by atoms with Crippen LogP contribution >= 0.6 is 0 Å². The van der Waals surface area contributed by atoms with Crippen molar-refractivity contribution in [2.24, 2.45) is 5.73 Å². The van der Waals surface area contributed by atoms with Crippen molar-refractivity contribution in [1.82, 2.24) is 14.9 Å². The van der Waals surface area contributed by atoms with Crippen molar-refractivity contribution in [1.29, 1.82) is 0 Å². The summed E-state index contributed by atoms with van der Waals surface area (Å²) in [6, 6.07) is -0.407. The average Bonchev–Trinajstić information content (AvgIpc) is 2.66. The molecule has 7 heteroatoms. The van der Waals surface area contributed by atoms with Crippen molar-refractivity contribution >= 4 is 0 Å². The molecule has 0 aliphatic carbocycles. The Bertz CT molecular complexity index is 346. The number of aromatic nitrogens is 2. The largest absolute Gasteiger partial charge is 0.401 e. The lowest BCUT2D eigenvalue weighted by Gasteiger charge is -2.21. The first-order valence-corrected chi connectivity index (χ1v) is 5.37. The number of rotatable bonds is 5. The number of nitrogens with one attached hydrogen (secondary N) is 1. The quantitative estimate of drug-likeness (QED) is 0.834. The minimum atomic E-state index is -4.24. The minimum Gasteiger partial charge on any atom is -0.331 e. The molecule has 0 amide bonds. The molecule has 1 aromatic heterocycles. The zero-order chi connectivity index (χ0) is 13.1. The van der Waals surface area contributed by atoms with E-state index in [0.29, 0.717) is 5.69 Å². The molecule has 1 aromatic rings. The third-order valence-corrected chi connectivity index (χ3v) is 2.39. The number of nitrogens with two attached hydrogens (primary N) is 1. The Labute approximate surface area is 98.0 Å². The van der Waals surface area contributed by atoms with Gasteiger partial charge in [0.05, 0.1) is 24.6 Å². The molecule has 0 bridgehead atoms. The Balaban J connectivity index is 2.76. The summed E-state index contributed by atoms with van der Waals surface area (Å²) in [7, 11) is 0. The molecule has 0 spiro atoms. The van der Waals surface area contributed by atoms with Crippen LogP contribution in [0.4, 0.5) is 13.2 Å². The van der Waals surface area contributed by atoms with Gasteiger partial charge in [-0.1, -0.05) is 0 Å². The number of hydrogen-bond donors (Lipinski definition) is 2. The predicted molar refractivity (Wildman–Crippen MR) is 58.5 cm³/mol.